The highest BCUT2D eigenvalue weighted by Gasteiger charge is 2.24. The van der Waals surface area contributed by atoms with Crippen LogP contribution in [0.3, 0.4) is 0 Å². The van der Waals surface area contributed by atoms with Gasteiger partial charge in [0.25, 0.3) is 5.91 Å². The van der Waals surface area contributed by atoms with Gasteiger partial charge in [-0.3, -0.25) is 4.79 Å². The Kier molecular flexibility index (Phi) is 5.95. The fourth-order valence-corrected chi connectivity index (χ4v) is 2.95. The second-order valence-corrected chi connectivity index (χ2v) is 5.24. The van der Waals surface area contributed by atoms with Gasteiger partial charge in [0.1, 0.15) is 0 Å². The predicted molar refractivity (Wildman–Crippen MR) is 74.1 cm³/mol. The SMILES string of the molecule is CNCC1CCCN(C(=O)c2cccs2)C1.Cl. The smallest absolute Gasteiger partial charge is 0.263 e. The van der Waals surface area contributed by atoms with E-state index in [1.54, 1.807) is 0 Å². The van der Waals surface area contributed by atoms with Crippen molar-refractivity contribution in [1.29, 1.82) is 0 Å². The molecule has 1 saturated heterocycles. The lowest BCUT2D eigenvalue weighted by molar-refractivity contribution is 0.0679. The lowest BCUT2D eigenvalue weighted by Crippen LogP contribution is -2.42. The number of nitrogens with one attached hydrogen (secondary N) is 1. The zero-order valence-electron chi connectivity index (χ0n) is 10.0. The number of carbonyl (C=O) groups is 1. The van der Waals surface area contributed by atoms with Crippen molar-refractivity contribution in [3.8, 4) is 0 Å². The highest BCUT2D eigenvalue weighted by atomic mass is 35.5. The van der Waals surface area contributed by atoms with Crippen molar-refractivity contribution in [3.63, 3.8) is 0 Å². The van der Waals surface area contributed by atoms with Crippen LogP contribution in [0.15, 0.2) is 17.5 Å². The maximum absolute atomic E-state index is 12.1. The predicted octanol–water partition coefficient (Wildman–Crippen LogP) is 2.24. The van der Waals surface area contributed by atoms with E-state index >= 15 is 0 Å². The van der Waals surface area contributed by atoms with E-state index in [-0.39, 0.29) is 18.3 Å². The van der Waals surface area contributed by atoms with Crippen LogP contribution in [0.4, 0.5) is 0 Å². The first-order valence-corrected chi connectivity index (χ1v) is 6.66. The minimum atomic E-state index is 0. The van der Waals surface area contributed by atoms with Gasteiger partial charge in [-0.1, -0.05) is 6.07 Å². The lowest BCUT2D eigenvalue weighted by Gasteiger charge is -2.32. The molecule has 3 nitrogen and oxygen atoms in total. The molecule has 2 rings (SSSR count). The van der Waals surface area contributed by atoms with E-state index < -0.39 is 0 Å². The van der Waals surface area contributed by atoms with Crippen LogP contribution >= 0.6 is 23.7 Å². The van der Waals surface area contributed by atoms with E-state index in [0.29, 0.717) is 5.92 Å². The number of nitrogens with zero attached hydrogens (tertiary/aromatic N) is 1. The lowest BCUT2D eigenvalue weighted by atomic mass is 9.98. The Morgan fingerprint density at radius 2 is 2.47 bits per heavy atom. The molecule has 1 aromatic heterocycles. The molecule has 17 heavy (non-hydrogen) atoms. The third-order valence-corrected chi connectivity index (χ3v) is 3.89. The summed E-state index contributed by atoms with van der Waals surface area (Å²) in [6, 6.07) is 3.85. The first-order valence-electron chi connectivity index (χ1n) is 5.78. The Bertz CT molecular complexity index is 340. The molecule has 1 unspecified atom stereocenters. The number of halogens is 1. The molecule has 96 valence electrons. The average Bonchev–Trinajstić information content (AvgIpc) is 2.82. The van der Waals surface area contributed by atoms with Crippen molar-refractivity contribution in [2.24, 2.45) is 5.92 Å². The van der Waals surface area contributed by atoms with Gasteiger partial charge in [-0.05, 0) is 43.8 Å². The number of likely N-dealkylation sites (tertiary alicyclic amines) is 1. The van der Waals surface area contributed by atoms with Crippen molar-refractivity contribution in [2.45, 2.75) is 12.8 Å². The molecule has 1 aromatic rings. The van der Waals surface area contributed by atoms with E-state index in [1.807, 2.05) is 29.5 Å². The molecule has 0 saturated carbocycles. The molecule has 1 amide bonds. The van der Waals surface area contributed by atoms with Crippen LogP contribution in [-0.2, 0) is 0 Å². The van der Waals surface area contributed by atoms with Crippen LogP contribution in [0.5, 0.6) is 0 Å². The zero-order chi connectivity index (χ0) is 11.4. The largest absolute Gasteiger partial charge is 0.338 e. The maximum Gasteiger partial charge on any atom is 0.263 e. The molecule has 1 N–H and O–H groups in total. The maximum atomic E-state index is 12.1. The van der Waals surface area contributed by atoms with Gasteiger partial charge in [0.15, 0.2) is 0 Å². The Morgan fingerprint density at radius 3 is 3.12 bits per heavy atom. The molecule has 1 aliphatic rings. The van der Waals surface area contributed by atoms with Gasteiger partial charge in [0.2, 0.25) is 0 Å². The Balaban J connectivity index is 0.00000144. The van der Waals surface area contributed by atoms with E-state index in [2.05, 4.69) is 5.32 Å². The summed E-state index contributed by atoms with van der Waals surface area (Å²) in [6.45, 7) is 2.82. The second-order valence-electron chi connectivity index (χ2n) is 4.29. The zero-order valence-corrected chi connectivity index (χ0v) is 11.6. The highest BCUT2D eigenvalue weighted by Crippen LogP contribution is 2.19. The fourth-order valence-electron chi connectivity index (χ4n) is 2.26. The van der Waals surface area contributed by atoms with Gasteiger partial charge in [-0.2, -0.15) is 0 Å². The summed E-state index contributed by atoms with van der Waals surface area (Å²) in [7, 11) is 1.97. The van der Waals surface area contributed by atoms with Gasteiger partial charge in [-0.15, -0.1) is 23.7 Å². The van der Waals surface area contributed by atoms with E-state index in [1.165, 1.54) is 17.8 Å². The number of amides is 1. The number of carbonyl (C=O) groups excluding carboxylic acids is 1. The van der Waals surface area contributed by atoms with Crippen LogP contribution in [0, 0.1) is 5.92 Å². The van der Waals surface area contributed by atoms with Crippen LogP contribution in [-0.4, -0.2) is 37.5 Å². The van der Waals surface area contributed by atoms with Crippen molar-refractivity contribution >= 4 is 29.7 Å². The van der Waals surface area contributed by atoms with Crippen LogP contribution in [0.2, 0.25) is 0 Å². The summed E-state index contributed by atoms with van der Waals surface area (Å²) in [5.74, 6) is 0.818. The topological polar surface area (TPSA) is 32.3 Å². The molecule has 1 atom stereocenters. The number of hydrogen-bond donors (Lipinski definition) is 1. The molecule has 0 bridgehead atoms. The molecule has 1 fully saturated rings. The average molecular weight is 275 g/mol. The first kappa shape index (κ1) is 14.5. The van der Waals surface area contributed by atoms with Crippen LogP contribution in [0.1, 0.15) is 22.5 Å². The summed E-state index contributed by atoms with van der Waals surface area (Å²) in [4.78, 5) is 15.0. The van der Waals surface area contributed by atoms with Crippen molar-refractivity contribution in [1.82, 2.24) is 10.2 Å². The van der Waals surface area contributed by atoms with E-state index in [0.717, 1.165) is 30.9 Å². The van der Waals surface area contributed by atoms with E-state index in [9.17, 15) is 4.79 Å². The monoisotopic (exact) mass is 274 g/mol. The fraction of sp³-hybridized carbons (Fsp3) is 0.583. The number of hydrogen-bond acceptors (Lipinski definition) is 3. The molecule has 0 aromatic carbocycles. The minimum Gasteiger partial charge on any atom is -0.338 e. The summed E-state index contributed by atoms with van der Waals surface area (Å²) < 4.78 is 0. The van der Waals surface area contributed by atoms with Gasteiger partial charge >= 0.3 is 0 Å². The molecule has 0 radical (unpaired) electrons. The number of rotatable bonds is 3. The standard InChI is InChI=1S/C12H18N2OS.ClH/c1-13-8-10-4-2-6-14(9-10)12(15)11-5-3-7-16-11;/h3,5,7,10,13H,2,4,6,8-9H2,1H3;1H. The molecular formula is C12H19ClN2OS. The number of thiophene rings is 1. The van der Waals surface area contributed by atoms with Gasteiger partial charge in [-0.25, -0.2) is 0 Å². The summed E-state index contributed by atoms with van der Waals surface area (Å²) in [5, 5.41) is 5.16. The number of piperidine rings is 1. The molecule has 1 aliphatic heterocycles. The third-order valence-electron chi connectivity index (χ3n) is 3.03. The summed E-state index contributed by atoms with van der Waals surface area (Å²) in [6.07, 6.45) is 2.36. The summed E-state index contributed by atoms with van der Waals surface area (Å²) >= 11 is 1.53. The Morgan fingerprint density at radius 1 is 1.65 bits per heavy atom. The molecule has 0 aliphatic carbocycles. The Hall–Kier alpha value is -0.580. The van der Waals surface area contributed by atoms with E-state index in [4.69, 9.17) is 0 Å². The molecule has 5 heteroatoms. The van der Waals surface area contributed by atoms with Crippen molar-refractivity contribution in [3.05, 3.63) is 22.4 Å². The Labute approximate surface area is 113 Å². The van der Waals surface area contributed by atoms with Crippen LogP contribution < -0.4 is 5.32 Å². The third kappa shape index (κ3) is 3.69. The van der Waals surface area contributed by atoms with Gasteiger partial charge in [0.05, 0.1) is 4.88 Å². The van der Waals surface area contributed by atoms with Crippen LogP contribution in [0.25, 0.3) is 0 Å². The highest BCUT2D eigenvalue weighted by molar-refractivity contribution is 7.12. The normalized spacial score (nSPS) is 19.8. The van der Waals surface area contributed by atoms with Crippen molar-refractivity contribution in [2.75, 3.05) is 26.7 Å². The minimum absolute atomic E-state index is 0. The molecule has 2 heterocycles. The second kappa shape index (κ2) is 6.99. The summed E-state index contributed by atoms with van der Waals surface area (Å²) in [5.41, 5.74) is 0. The molecular weight excluding hydrogens is 256 g/mol. The van der Waals surface area contributed by atoms with Crippen molar-refractivity contribution < 1.29 is 4.79 Å². The van der Waals surface area contributed by atoms with Gasteiger partial charge < -0.3 is 10.2 Å². The first-order chi connectivity index (χ1) is 7.81. The van der Waals surface area contributed by atoms with Gasteiger partial charge in [0, 0.05) is 13.1 Å². The quantitative estimate of drug-likeness (QED) is 0.917. The molecule has 0 spiro atoms.